The van der Waals surface area contributed by atoms with Gasteiger partial charge in [0.25, 0.3) is 5.56 Å². The summed E-state index contributed by atoms with van der Waals surface area (Å²) in [5, 5.41) is 0.561. The molecule has 0 atom stereocenters. The molecule has 3 rings (SSSR count). The second-order valence-electron chi connectivity index (χ2n) is 6.26. The molecule has 118 valence electrons. The van der Waals surface area contributed by atoms with E-state index in [1.807, 2.05) is 6.92 Å². The van der Waals surface area contributed by atoms with Crippen molar-refractivity contribution in [1.82, 2.24) is 14.9 Å². The van der Waals surface area contributed by atoms with Gasteiger partial charge in [-0.05, 0) is 51.3 Å². The van der Waals surface area contributed by atoms with Crippen molar-refractivity contribution in [2.75, 3.05) is 13.1 Å². The molecule has 5 nitrogen and oxygen atoms in total. The van der Waals surface area contributed by atoms with Gasteiger partial charge >= 0.3 is 0 Å². The van der Waals surface area contributed by atoms with Gasteiger partial charge in [0.15, 0.2) is 5.78 Å². The Balaban J connectivity index is 1.92. The molecule has 1 aliphatic heterocycles. The van der Waals surface area contributed by atoms with Gasteiger partial charge in [-0.1, -0.05) is 6.92 Å². The number of aromatic amines is 1. The number of nitrogens with zero attached hydrogens (tertiary/aromatic N) is 2. The zero-order valence-corrected chi connectivity index (χ0v) is 14.0. The molecule has 0 amide bonds. The van der Waals surface area contributed by atoms with Crippen LogP contribution < -0.4 is 5.56 Å². The van der Waals surface area contributed by atoms with Crippen molar-refractivity contribution in [3.8, 4) is 0 Å². The number of aryl methyl sites for hydroxylation is 1. The quantitative estimate of drug-likeness (QED) is 0.883. The Hall–Kier alpha value is -1.53. The number of carbonyl (C=O) groups is 1. The van der Waals surface area contributed by atoms with Crippen LogP contribution in [0.1, 0.15) is 47.7 Å². The lowest BCUT2D eigenvalue weighted by Gasteiger charge is -2.29. The second-order valence-corrected chi connectivity index (χ2v) is 7.26. The van der Waals surface area contributed by atoms with Gasteiger partial charge in [0.1, 0.15) is 10.7 Å². The second kappa shape index (κ2) is 5.93. The summed E-state index contributed by atoms with van der Waals surface area (Å²) in [6.45, 7) is 8.39. The van der Waals surface area contributed by atoms with E-state index in [4.69, 9.17) is 0 Å². The van der Waals surface area contributed by atoms with Crippen molar-refractivity contribution in [2.24, 2.45) is 5.92 Å². The maximum Gasteiger partial charge on any atom is 0.259 e. The van der Waals surface area contributed by atoms with Crippen molar-refractivity contribution in [3.63, 3.8) is 0 Å². The third-order valence-electron chi connectivity index (χ3n) is 4.42. The Morgan fingerprint density at radius 2 is 2.09 bits per heavy atom. The van der Waals surface area contributed by atoms with E-state index in [-0.39, 0.29) is 11.3 Å². The van der Waals surface area contributed by atoms with E-state index in [1.165, 1.54) is 31.1 Å². The standard InChI is InChI=1S/C16H21N3O2S/c1-9-4-6-19(7-5-9)8-12-17-15(21)13-10(2)14(11(3)20)22-16(13)18-12/h9H,4-8H2,1-3H3,(H,17,18,21). The SMILES string of the molecule is CC(=O)c1sc2nc(CN3CCC(C)CC3)[nH]c(=O)c2c1C. The average molecular weight is 319 g/mol. The zero-order chi connectivity index (χ0) is 15.9. The summed E-state index contributed by atoms with van der Waals surface area (Å²) in [5.41, 5.74) is 0.617. The molecule has 2 aromatic rings. The molecule has 0 aromatic carbocycles. The minimum atomic E-state index is -0.133. The zero-order valence-electron chi connectivity index (χ0n) is 13.2. The summed E-state index contributed by atoms with van der Waals surface area (Å²) in [7, 11) is 0. The number of piperidine rings is 1. The van der Waals surface area contributed by atoms with Gasteiger partial charge in [-0.25, -0.2) is 4.98 Å². The summed E-state index contributed by atoms with van der Waals surface area (Å²) < 4.78 is 0. The molecule has 22 heavy (non-hydrogen) atoms. The molecule has 3 heterocycles. The topological polar surface area (TPSA) is 66.1 Å². The number of hydrogen-bond acceptors (Lipinski definition) is 5. The molecule has 6 heteroatoms. The van der Waals surface area contributed by atoms with E-state index < -0.39 is 0 Å². The first-order valence-corrected chi connectivity index (χ1v) is 8.53. The Labute approximate surface area is 133 Å². The van der Waals surface area contributed by atoms with Crippen LogP contribution in [0.3, 0.4) is 0 Å². The molecule has 1 N–H and O–H groups in total. The first-order chi connectivity index (χ1) is 10.5. The largest absolute Gasteiger partial charge is 0.309 e. The maximum absolute atomic E-state index is 12.3. The Bertz CT molecular complexity index is 770. The molecule has 0 unspecified atom stereocenters. The van der Waals surface area contributed by atoms with Crippen LogP contribution in [0.2, 0.25) is 0 Å². The Morgan fingerprint density at radius 3 is 2.73 bits per heavy atom. The number of thiophene rings is 1. The summed E-state index contributed by atoms with van der Waals surface area (Å²) in [5.74, 6) is 1.47. The van der Waals surface area contributed by atoms with E-state index in [0.717, 1.165) is 24.6 Å². The highest BCUT2D eigenvalue weighted by Gasteiger charge is 2.19. The lowest BCUT2D eigenvalue weighted by Crippen LogP contribution is -2.33. The van der Waals surface area contributed by atoms with Crippen LogP contribution in [0.15, 0.2) is 4.79 Å². The van der Waals surface area contributed by atoms with E-state index in [2.05, 4.69) is 21.8 Å². The summed E-state index contributed by atoms with van der Waals surface area (Å²) in [4.78, 5) is 35.1. The van der Waals surface area contributed by atoms with Gasteiger partial charge in [0.2, 0.25) is 0 Å². The molecule has 1 fully saturated rings. The van der Waals surface area contributed by atoms with Crippen molar-refractivity contribution >= 4 is 27.3 Å². The Kier molecular flexibility index (Phi) is 4.14. The van der Waals surface area contributed by atoms with Gasteiger partial charge in [-0.3, -0.25) is 14.5 Å². The first-order valence-electron chi connectivity index (χ1n) is 7.71. The number of fused-ring (bicyclic) bond motifs is 1. The molecule has 0 saturated carbocycles. The van der Waals surface area contributed by atoms with Crippen LogP contribution in [0.4, 0.5) is 0 Å². The molecular weight excluding hydrogens is 298 g/mol. The van der Waals surface area contributed by atoms with Gasteiger partial charge in [-0.2, -0.15) is 0 Å². The highest BCUT2D eigenvalue weighted by molar-refractivity contribution is 7.20. The fraction of sp³-hybridized carbons (Fsp3) is 0.562. The summed E-state index contributed by atoms with van der Waals surface area (Å²) in [6.07, 6.45) is 2.39. The van der Waals surface area contributed by atoms with Crippen LogP contribution in [-0.2, 0) is 6.54 Å². The summed E-state index contributed by atoms with van der Waals surface area (Å²) in [6, 6.07) is 0. The number of aromatic nitrogens is 2. The van der Waals surface area contributed by atoms with E-state index in [0.29, 0.717) is 27.5 Å². The number of likely N-dealkylation sites (tertiary alicyclic amines) is 1. The number of rotatable bonds is 3. The minimum absolute atomic E-state index is 0.00790. The van der Waals surface area contributed by atoms with Crippen molar-refractivity contribution < 1.29 is 4.79 Å². The lowest BCUT2D eigenvalue weighted by atomic mass is 9.99. The fourth-order valence-electron chi connectivity index (χ4n) is 3.03. The van der Waals surface area contributed by atoms with Crippen molar-refractivity contribution in [2.45, 2.75) is 40.2 Å². The Morgan fingerprint density at radius 1 is 1.41 bits per heavy atom. The average Bonchev–Trinajstić information content (AvgIpc) is 2.79. The van der Waals surface area contributed by atoms with Crippen LogP contribution >= 0.6 is 11.3 Å². The number of Topliss-reactive ketones (excluding diaryl/α,β-unsaturated/α-hetero) is 1. The van der Waals surface area contributed by atoms with Crippen molar-refractivity contribution in [3.05, 3.63) is 26.6 Å². The van der Waals surface area contributed by atoms with Gasteiger partial charge in [0.05, 0.1) is 16.8 Å². The van der Waals surface area contributed by atoms with Gasteiger partial charge < -0.3 is 4.98 Å². The molecule has 1 saturated heterocycles. The third-order valence-corrected chi connectivity index (χ3v) is 5.71. The number of ketones is 1. The molecule has 1 aliphatic rings. The lowest BCUT2D eigenvalue weighted by molar-refractivity contribution is 0.102. The van der Waals surface area contributed by atoms with Crippen LogP contribution in [-0.4, -0.2) is 33.7 Å². The highest BCUT2D eigenvalue weighted by Crippen LogP contribution is 2.27. The van der Waals surface area contributed by atoms with Crippen molar-refractivity contribution in [1.29, 1.82) is 0 Å². The predicted octanol–water partition coefficient (Wildman–Crippen LogP) is 2.73. The monoisotopic (exact) mass is 319 g/mol. The molecule has 0 bridgehead atoms. The number of carbonyl (C=O) groups excluding carboxylic acids is 1. The van der Waals surface area contributed by atoms with Crippen LogP contribution in [0.25, 0.3) is 10.2 Å². The molecule has 0 spiro atoms. The molecule has 0 aliphatic carbocycles. The van der Waals surface area contributed by atoms with Gasteiger partial charge in [-0.15, -0.1) is 11.3 Å². The molecule has 2 aromatic heterocycles. The predicted molar refractivity (Wildman–Crippen MR) is 88.7 cm³/mol. The van der Waals surface area contributed by atoms with E-state index in [9.17, 15) is 9.59 Å². The van der Waals surface area contributed by atoms with E-state index >= 15 is 0 Å². The molecular formula is C16H21N3O2S. The van der Waals surface area contributed by atoms with E-state index in [1.54, 1.807) is 0 Å². The molecule has 0 radical (unpaired) electrons. The smallest absolute Gasteiger partial charge is 0.259 e. The first kappa shape index (κ1) is 15.4. The van der Waals surface area contributed by atoms with Crippen LogP contribution in [0.5, 0.6) is 0 Å². The maximum atomic E-state index is 12.3. The third kappa shape index (κ3) is 2.85. The fourth-order valence-corrected chi connectivity index (χ4v) is 4.13. The highest BCUT2D eigenvalue weighted by atomic mass is 32.1. The minimum Gasteiger partial charge on any atom is -0.309 e. The summed E-state index contributed by atoms with van der Waals surface area (Å²) >= 11 is 1.32. The number of H-pyrrole nitrogens is 1. The normalized spacial score (nSPS) is 17.2. The van der Waals surface area contributed by atoms with Gasteiger partial charge in [0, 0.05) is 0 Å². The van der Waals surface area contributed by atoms with Crippen LogP contribution in [0, 0.1) is 12.8 Å². The number of hydrogen-bond donors (Lipinski definition) is 1. The number of nitrogens with one attached hydrogen (secondary N) is 1.